The topological polar surface area (TPSA) is 94.5 Å². The summed E-state index contributed by atoms with van der Waals surface area (Å²) in [6, 6.07) is 17.9. The van der Waals surface area contributed by atoms with Crippen molar-refractivity contribution in [3.05, 3.63) is 83.4 Å². The molecule has 192 valence electrons. The molecule has 1 N–H and O–H groups in total. The number of ether oxygens (including phenoxy) is 4. The van der Waals surface area contributed by atoms with Gasteiger partial charge in [0, 0.05) is 11.8 Å². The van der Waals surface area contributed by atoms with Crippen LogP contribution in [0.25, 0.3) is 5.76 Å². The van der Waals surface area contributed by atoms with Gasteiger partial charge < -0.3 is 24.1 Å². The minimum Gasteiger partial charge on any atom is -0.507 e. The van der Waals surface area contributed by atoms with E-state index in [1.807, 2.05) is 13.8 Å². The van der Waals surface area contributed by atoms with Gasteiger partial charge in [0.05, 0.1) is 44.6 Å². The van der Waals surface area contributed by atoms with E-state index in [1.165, 1.54) is 19.1 Å². The quantitative estimate of drug-likeness (QED) is 0.259. The van der Waals surface area contributed by atoms with Gasteiger partial charge in [-0.25, -0.2) is 0 Å². The van der Waals surface area contributed by atoms with Crippen molar-refractivity contribution in [2.45, 2.75) is 26.0 Å². The van der Waals surface area contributed by atoms with Gasteiger partial charge in [-0.2, -0.15) is 0 Å². The highest BCUT2D eigenvalue weighted by atomic mass is 16.5. The highest BCUT2D eigenvalue weighted by molar-refractivity contribution is 6.51. The van der Waals surface area contributed by atoms with Crippen LogP contribution in [0.3, 0.4) is 0 Å². The molecule has 1 atom stereocenters. The van der Waals surface area contributed by atoms with Gasteiger partial charge in [-0.3, -0.25) is 14.5 Å². The molecule has 1 aliphatic heterocycles. The molecular formula is C29H29NO7. The average molecular weight is 504 g/mol. The SMILES string of the molecule is COc1ccc(N2C(=O)C(=O)/C(=C(/O)c3ccc(OC)cc3OC)C2c2cccc(OC(C)C)c2)cc1. The first kappa shape index (κ1) is 25.6. The number of nitrogens with zero attached hydrogens (tertiary/aromatic N) is 1. The Morgan fingerprint density at radius 3 is 2.14 bits per heavy atom. The molecule has 4 rings (SSSR count). The van der Waals surface area contributed by atoms with Crippen LogP contribution in [0.2, 0.25) is 0 Å². The van der Waals surface area contributed by atoms with Gasteiger partial charge in [0.25, 0.3) is 11.7 Å². The number of carbonyl (C=O) groups excluding carboxylic acids is 2. The zero-order chi connectivity index (χ0) is 26.7. The molecule has 37 heavy (non-hydrogen) atoms. The van der Waals surface area contributed by atoms with Gasteiger partial charge in [-0.05, 0) is 67.9 Å². The molecule has 1 aliphatic rings. The molecule has 0 aromatic heterocycles. The normalized spacial score (nSPS) is 16.7. The lowest BCUT2D eigenvalue weighted by Crippen LogP contribution is -2.29. The third kappa shape index (κ3) is 4.95. The van der Waals surface area contributed by atoms with Gasteiger partial charge >= 0.3 is 0 Å². The number of aliphatic hydroxyl groups excluding tert-OH is 1. The first-order valence-corrected chi connectivity index (χ1v) is 11.7. The van der Waals surface area contributed by atoms with Crippen LogP contribution in [-0.2, 0) is 9.59 Å². The van der Waals surface area contributed by atoms with Gasteiger partial charge in [0.2, 0.25) is 0 Å². The number of anilines is 1. The number of benzene rings is 3. The lowest BCUT2D eigenvalue weighted by Gasteiger charge is -2.26. The summed E-state index contributed by atoms with van der Waals surface area (Å²) in [5, 5.41) is 11.5. The smallest absolute Gasteiger partial charge is 0.300 e. The third-order valence-corrected chi connectivity index (χ3v) is 6.00. The molecule has 1 unspecified atom stereocenters. The number of amides is 1. The second-order valence-electron chi connectivity index (χ2n) is 8.67. The molecule has 3 aromatic carbocycles. The van der Waals surface area contributed by atoms with Crippen molar-refractivity contribution in [2.75, 3.05) is 26.2 Å². The molecule has 8 nitrogen and oxygen atoms in total. The van der Waals surface area contributed by atoms with E-state index in [9.17, 15) is 14.7 Å². The molecule has 3 aromatic rings. The third-order valence-electron chi connectivity index (χ3n) is 6.00. The molecule has 1 heterocycles. The molecule has 0 spiro atoms. The zero-order valence-corrected chi connectivity index (χ0v) is 21.3. The van der Waals surface area contributed by atoms with Crippen molar-refractivity contribution in [3.8, 4) is 23.0 Å². The maximum Gasteiger partial charge on any atom is 0.300 e. The first-order valence-electron chi connectivity index (χ1n) is 11.7. The molecule has 8 heteroatoms. The highest BCUT2D eigenvalue weighted by Gasteiger charge is 2.47. The number of hydrogen-bond donors (Lipinski definition) is 1. The Morgan fingerprint density at radius 1 is 0.838 bits per heavy atom. The monoisotopic (exact) mass is 503 g/mol. The number of hydrogen-bond acceptors (Lipinski definition) is 7. The predicted molar refractivity (Wildman–Crippen MR) is 140 cm³/mol. The van der Waals surface area contributed by atoms with Gasteiger partial charge in [-0.1, -0.05) is 12.1 Å². The summed E-state index contributed by atoms with van der Waals surface area (Å²) in [5.74, 6) is 0.0622. The Balaban J connectivity index is 1.94. The van der Waals surface area contributed by atoms with Crippen molar-refractivity contribution in [1.82, 2.24) is 0 Å². The number of aliphatic hydroxyl groups is 1. The van der Waals surface area contributed by atoms with Gasteiger partial charge in [0.1, 0.15) is 28.8 Å². The standard InChI is InChI=1S/C29H29NO7/c1-17(2)37-22-8-6-7-18(15-22)26-25(27(31)23-14-13-21(35-4)16-24(23)36-5)28(32)29(33)30(26)19-9-11-20(34-3)12-10-19/h6-17,26,31H,1-5H3/b27-25+. The minimum atomic E-state index is -0.920. The van der Waals surface area contributed by atoms with E-state index in [0.717, 1.165) is 0 Å². The highest BCUT2D eigenvalue weighted by Crippen LogP contribution is 2.44. The fourth-order valence-electron chi connectivity index (χ4n) is 4.33. The number of ketones is 1. The predicted octanol–water partition coefficient (Wildman–Crippen LogP) is 5.13. The van der Waals surface area contributed by atoms with E-state index < -0.39 is 17.7 Å². The van der Waals surface area contributed by atoms with Crippen molar-refractivity contribution in [1.29, 1.82) is 0 Å². The maximum absolute atomic E-state index is 13.5. The van der Waals surface area contributed by atoms with Crippen LogP contribution in [0.4, 0.5) is 5.69 Å². The van der Waals surface area contributed by atoms with E-state index in [2.05, 4.69) is 0 Å². The van der Waals surface area contributed by atoms with Crippen molar-refractivity contribution in [3.63, 3.8) is 0 Å². The lowest BCUT2D eigenvalue weighted by molar-refractivity contribution is -0.132. The molecule has 0 radical (unpaired) electrons. The zero-order valence-electron chi connectivity index (χ0n) is 21.3. The van der Waals surface area contributed by atoms with Gasteiger partial charge in [-0.15, -0.1) is 0 Å². The minimum absolute atomic E-state index is 0.0639. The Kier molecular flexibility index (Phi) is 7.38. The molecule has 0 saturated carbocycles. The summed E-state index contributed by atoms with van der Waals surface area (Å²) in [6.07, 6.45) is -0.0771. The largest absolute Gasteiger partial charge is 0.507 e. The summed E-state index contributed by atoms with van der Waals surface area (Å²) in [4.78, 5) is 28.3. The van der Waals surface area contributed by atoms with E-state index in [4.69, 9.17) is 18.9 Å². The Hall–Kier alpha value is -4.46. The van der Waals surface area contributed by atoms with Crippen LogP contribution in [0.1, 0.15) is 31.0 Å². The van der Waals surface area contributed by atoms with Crippen LogP contribution < -0.4 is 23.8 Å². The van der Waals surface area contributed by atoms with Crippen LogP contribution in [0.5, 0.6) is 23.0 Å². The number of rotatable bonds is 8. The van der Waals surface area contributed by atoms with Crippen molar-refractivity contribution < 1.29 is 33.6 Å². The van der Waals surface area contributed by atoms with Crippen molar-refractivity contribution in [2.24, 2.45) is 0 Å². The van der Waals surface area contributed by atoms with Crippen LogP contribution >= 0.6 is 0 Å². The molecular weight excluding hydrogens is 474 g/mol. The van der Waals surface area contributed by atoms with E-state index in [1.54, 1.807) is 73.8 Å². The molecule has 0 aliphatic carbocycles. The Morgan fingerprint density at radius 2 is 1.51 bits per heavy atom. The summed E-state index contributed by atoms with van der Waals surface area (Å²) in [7, 11) is 4.51. The second-order valence-corrected chi connectivity index (χ2v) is 8.67. The summed E-state index contributed by atoms with van der Waals surface area (Å²) in [5.41, 5.74) is 1.27. The van der Waals surface area contributed by atoms with E-state index in [-0.39, 0.29) is 23.0 Å². The summed E-state index contributed by atoms with van der Waals surface area (Å²) < 4.78 is 21.8. The summed E-state index contributed by atoms with van der Waals surface area (Å²) in [6.45, 7) is 3.82. The Labute approximate surface area is 215 Å². The van der Waals surface area contributed by atoms with Crippen molar-refractivity contribution >= 4 is 23.1 Å². The molecule has 1 amide bonds. The fraction of sp³-hybridized carbons (Fsp3) is 0.241. The van der Waals surface area contributed by atoms with Crippen LogP contribution in [0.15, 0.2) is 72.3 Å². The fourth-order valence-corrected chi connectivity index (χ4v) is 4.33. The molecule has 1 saturated heterocycles. The lowest BCUT2D eigenvalue weighted by atomic mass is 9.94. The first-order chi connectivity index (χ1) is 17.8. The second kappa shape index (κ2) is 10.7. The number of carbonyl (C=O) groups is 2. The molecule has 1 fully saturated rings. The van der Waals surface area contributed by atoms with E-state index >= 15 is 0 Å². The molecule has 0 bridgehead atoms. The Bertz CT molecular complexity index is 1340. The van der Waals surface area contributed by atoms with E-state index in [0.29, 0.717) is 34.2 Å². The average Bonchev–Trinajstić information content (AvgIpc) is 3.17. The maximum atomic E-state index is 13.5. The van der Waals surface area contributed by atoms with Crippen LogP contribution in [-0.4, -0.2) is 44.2 Å². The summed E-state index contributed by atoms with van der Waals surface area (Å²) >= 11 is 0. The van der Waals surface area contributed by atoms with Gasteiger partial charge in [0.15, 0.2) is 0 Å². The van der Waals surface area contributed by atoms with Crippen LogP contribution in [0, 0.1) is 0 Å². The number of methoxy groups -OCH3 is 3. The number of Topliss-reactive ketones (excluding diaryl/α,β-unsaturated/α-hetero) is 1.